The summed E-state index contributed by atoms with van der Waals surface area (Å²) in [4.78, 5) is 11.2. The molecule has 0 aliphatic heterocycles. The molecular formula is C16H16O3. The van der Waals surface area contributed by atoms with E-state index in [0.29, 0.717) is 5.75 Å². The smallest absolute Gasteiger partial charge is 0.339 e. The molecule has 98 valence electrons. The number of benzene rings is 2. The second-order valence-electron chi connectivity index (χ2n) is 4.57. The molecule has 0 aliphatic carbocycles. The van der Waals surface area contributed by atoms with Crippen molar-refractivity contribution in [1.29, 1.82) is 0 Å². The fourth-order valence-corrected chi connectivity index (χ4v) is 2.28. The minimum absolute atomic E-state index is 0.180. The predicted octanol–water partition coefficient (Wildman–Crippen LogP) is 3.68. The molecule has 0 spiro atoms. The van der Waals surface area contributed by atoms with E-state index in [-0.39, 0.29) is 5.56 Å². The van der Waals surface area contributed by atoms with Crippen molar-refractivity contribution in [3.8, 4) is 16.9 Å². The molecular weight excluding hydrogens is 240 g/mol. The molecule has 19 heavy (non-hydrogen) atoms. The van der Waals surface area contributed by atoms with Gasteiger partial charge in [0.25, 0.3) is 0 Å². The first-order valence-electron chi connectivity index (χ1n) is 6.02. The van der Waals surface area contributed by atoms with Crippen LogP contribution in [0.5, 0.6) is 5.75 Å². The summed E-state index contributed by atoms with van der Waals surface area (Å²) >= 11 is 0. The Labute approximate surface area is 112 Å². The van der Waals surface area contributed by atoms with Crippen LogP contribution in [0.1, 0.15) is 21.5 Å². The number of carboxylic acids is 1. The number of methoxy groups -OCH3 is 1. The van der Waals surface area contributed by atoms with E-state index < -0.39 is 5.97 Å². The van der Waals surface area contributed by atoms with E-state index in [2.05, 4.69) is 6.07 Å². The summed E-state index contributed by atoms with van der Waals surface area (Å²) in [6.45, 7) is 4.04. The summed E-state index contributed by atoms with van der Waals surface area (Å²) in [5, 5.41) is 9.20. The minimum Gasteiger partial charge on any atom is -0.495 e. The third kappa shape index (κ3) is 2.60. The van der Waals surface area contributed by atoms with Gasteiger partial charge in [0.1, 0.15) is 11.3 Å². The molecule has 2 rings (SSSR count). The van der Waals surface area contributed by atoms with Crippen LogP contribution < -0.4 is 4.74 Å². The van der Waals surface area contributed by atoms with Crippen molar-refractivity contribution in [2.75, 3.05) is 7.11 Å². The molecule has 1 N–H and O–H groups in total. The summed E-state index contributed by atoms with van der Waals surface area (Å²) in [7, 11) is 1.49. The van der Waals surface area contributed by atoms with Gasteiger partial charge in [-0.15, -0.1) is 0 Å². The summed E-state index contributed by atoms with van der Waals surface area (Å²) in [6, 6.07) is 11.3. The van der Waals surface area contributed by atoms with E-state index in [0.717, 1.165) is 22.3 Å². The van der Waals surface area contributed by atoms with E-state index in [4.69, 9.17) is 4.74 Å². The fourth-order valence-electron chi connectivity index (χ4n) is 2.28. The van der Waals surface area contributed by atoms with Crippen molar-refractivity contribution in [3.63, 3.8) is 0 Å². The van der Waals surface area contributed by atoms with Gasteiger partial charge in [-0.3, -0.25) is 0 Å². The van der Waals surface area contributed by atoms with Gasteiger partial charge in [0.2, 0.25) is 0 Å². The van der Waals surface area contributed by atoms with Crippen LogP contribution in [0.4, 0.5) is 0 Å². The maximum Gasteiger partial charge on any atom is 0.339 e. The Morgan fingerprint density at radius 1 is 1.11 bits per heavy atom. The molecule has 0 radical (unpaired) electrons. The largest absolute Gasteiger partial charge is 0.495 e. The van der Waals surface area contributed by atoms with Gasteiger partial charge in [0, 0.05) is 5.56 Å². The average molecular weight is 256 g/mol. The first-order valence-corrected chi connectivity index (χ1v) is 6.02. The highest BCUT2D eigenvalue weighted by Crippen LogP contribution is 2.34. The monoisotopic (exact) mass is 256 g/mol. The zero-order valence-corrected chi connectivity index (χ0v) is 11.2. The number of rotatable bonds is 3. The number of carbonyl (C=O) groups is 1. The zero-order chi connectivity index (χ0) is 14.0. The van der Waals surface area contributed by atoms with Gasteiger partial charge in [-0.2, -0.15) is 0 Å². The Morgan fingerprint density at radius 3 is 2.26 bits per heavy atom. The molecule has 0 heterocycles. The van der Waals surface area contributed by atoms with Crippen molar-refractivity contribution in [3.05, 3.63) is 53.1 Å². The fraction of sp³-hybridized carbons (Fsp3) is 0.188. The molecule has 0 atom stereocenters. The lowest BCUT2D eigenvalue weighted by Crippen LogP contribution is -2.01. The van der Waals surface area contributed by atoms with Crippen LogP contribution in [0.3, 0.4) is 0 Å². The molecule has 0 unspecified atom stereocenters. The molecule has 0 aromatic heterocycles. The number of hydrogen-bond acceptors (Lipinski definition) is 2. The first kappa shape index (κ1) is 13.1. The lowest BCUT2D eigenvalue weighted by molar-refractivity contribution is 0.0693. The van der Waals surface area contributed by atoms with Crippen LogP contribution in [-0.2, 0) is 0 Å². The molecule has 0 amide bonds. The van der Waals surface area contributed by atoms with Crippen molar-refractivity contribution >= 4 is 5.97 Å². The summed E-state index contributed by atoms with van der Waals surface area (Å²) in [6.07, 6.45) is 0. The van der Waals surface area contributed by atoms with E-state index in [1.54, 1.807) is 12.1 Å². The molecule has 0 fully saturated rings. The van der Waals surface area contributed by atoms with Gasteiger partial charge in [0.15, 0.2) is 0 Å². The lowest BCUT2D eigenvalue weighted by atomic mass is 9.98. The quantitative estimate of drug-likeness (QED) is 0.911. The van der Waals surface area contributed by atoms with Crippen LogP contribution in [0.15, 0.2) is 36.4 Å². The SMILES string of the molecule is COc1c(C(=O)O)cccc1-c1cc(C)cc(C)c1. The van der Waals surface area contributed by atoms with Gasteiger partial charge in [-0.25, -0.2) is 4.79 Å². The highest BCUT2D eigenvalue weighted by atomic mass is 16.5. The van der Waals surface area contributed by atoms with Gasteiger partial charge >= 0.3 is 5.97 Å². The van der Waals surface area contributed by atoms with E-state index >= 15 is 0 Å². The molecule has 0 aliphatic rings. The Bertz CT molecular complexity index is 610. The van der Waals surface area contributed by atoms with E-state index in [1.807, 2.05) is 32.0 Å². The number of ether oxygens (including phenoxy) is 1. The van der Waals surface area contributed by atoms with Crippen molar-refractivity contribution in [2.24, 2.45) is 0 Å². The molecule has 2 aromatic rings. The topological polar surface area (TPSA) is 46.5 Å². The van der Waals surface area contributed by atoms with Gasteiger partial charge in [-0.1, -0.05) is 41.5 Å². The minimum atomic E-state index is -0.983. The van der Waals surface area contributed by atoms with Crippen molar-refractivity contribution in [2.45, 2.75) is 13.8 Å². The van der Waals surface area contributed by atoms with Crippen LogP contribution in [-0.4, -0.2) is 18.2 Å². The average Bonchev–Trinajstić information content (AvgIpc) is 2.36. The normalized spacial score (nSPS) is 10.3. The first-order chi connectivity index (χ1) is 9.02. The number of hydrogen-bond donors (Lipinski definition) is 1. The third-order valence-corrected chi connectivity index (χ3v) is 2.98. The standard InChI is InChI=1S/C16H16O3/c1-10-7-11(2)9-12(8-10)13-5-4-6-14(16(17)18)15(13)19-3/h4-9H,1-3H3,(H,17,18). The van der Waals surface area contributed by atoms with Crippen molar-refractivity contribution in [1.82, 2.24) is 0 Å². The molecule has 0 saturated heterocycles. The van der Waals surface area contributed by atoms with Crippen LogP contribution >= 0.6 is 0 Å². The van der Waals surface area contributed by atoms with E-state index in [9.17, 15) is 9.90 Å². The summed E-state index contributed by atoms with van der Waals surface area (Å²) in [5.41, 5.74) is 4.22. The molecule has 2 aromatic carbocycles. The Kier molecular flexibility index (Phi) is 3.56. The van der Waals surface area contributed by atoms with Crippen molar-refractivity contribution < 1.29 is 14.6 Å². The molecule has 0 saturated carbocycles. The summed E-state index contributed by atoms with van der Waals surface area (Å²) < 4.78 is 5.29. The van der Waals surface area contributed by atoms with Crippen LogP contribution in [0, 0.1) is 13.8 Å². The predicted molar refractivity (Wildman–Crippen MR) is 74.9 cm³/mol. The Balaban J connectivity index is 2.68. The number of carboxylic acid groups (broad SMARTS) is 1. The Morgan fingerprint density at radius 2 is 1.74 bits per heavy atom. The van der Waals surface area contributed by atoms with Gasteiger partial charge in [0.05, 0.1) is 7.11 Å². The van der Waals surface area contributed by atoms with E-state index in [1.165, 1.54) is 7.11 Å². The molecule has 0 bridgehead atoms. The number of para-hydroxylation sites is 1. The third-order valence-electron chi connectivity index (χ3n) is 2.98. The van der Waals surface area contributed by atoms with Crippen LogP contribution in [0.2, 0.25) is 0 Å². The number of aryl methyl sites for hydroxylation is 2. The highest BCUT2D eigenvalue weighted by Gasteiger charge is 2.15. The Hall–Kier alpha value is -2.29. The maximum atomic E-state index is 11.2. The molecule has 3 nitrogen and oxygen atoms in total. The zero-order valence-electron chi connectivity index (χ0n) is 11.2. The highest BCUT2D eigenvalue weighted by molar-refractivity contribution is 5.94. The maximum absolute atomic E-state index is 11.2. The van der Waals surface area contributed by atoms with Gasteiger partial charge < -0.3 is 9.84 Å². The molecule has 3 heteroatoms. The van der Waals surface area contributed by atoms with Gasteiger partial charge in [-0.05, 0) is 25.5 Å². The second kappa shape index (κ2) is 5.14. The second-order valence-corrected chi connectivity index (χ2v) is 4.57. The van der Waals surface area contributed by atoms with Crippen LogP contribution in [0.25, 0.3) is 11.1 Å². The summed E-state index contributed by atoms with van der Waals surface area (Å²) in [5.74, 6) is -0.580. The number of aromatic carboxylic acids is 1. The lowest BCUT2D eigenvalue weighted by Gasteiger charge is -2.12.